The number of methoxy groups -OCH3 is 1. The van der Waals surface area contributed by atoms with Crippen LogP contribution in [-0.2, 0) is 19.6 Å². The van der Waals surface area contributed by atoms with Gasteiger partial charge in [0.15, 0.2) is 0 Å². The van der Waals surface area contributed by atoms with Gasteiger partial charge < -0.3 is 10.5 Å². The third kappa shape index (κ3) is 2.71. The summed E-state index contributed by atoms with van der Waals surface area (Å²) in [6.45, 7) is 0.308. The highest BCUT2D eigenvalue weighted by atomic mass is 32.2. The van der Waals surface area contributed by atoms with Crippen molar-refractivity contribution >= 4 is 44.5 Å². The summed E-state index contributed by atoms with van der Waals surface area (Å²) in [5.41, 5.74) is 5.48. The van der Waals surface area contributed by atoms with Crippen LogP contribution < -0.4 is 5.73 Å². The summed E-state index contributed by atoms with van der Waals surface area (Å²) in [4.78, 5) is 12.3. The van der Waals surface area contributed by atoms with Gasteiger partial charge in [0.25, 0.3) is 10.0 Å². The molecule has 9 heteroatoms. The second-order valence-corrected chi connectivity index (χ2v) is 7.92. The fourth-order valence-corrected chi connectivity index (χ4v) is 5.23. The number of thiocarbonyl (C=S) groups is 1. The minimum atomic E-state index is -3.72. The molecule has 1 atom stereocenters. The molecule has 2 N–H and O–H groups in total. The second kappa shape index (κ2) is 5.76. The summed E-state index contributed by atoms with van der Waals surface area (Å²) in [6.07, 6.45) is 1.10. The van der Waals surface area contributed by atoms with E-state index in [1.165, 1.54) is 17.5 Å². The van der Waals surface area contributed by atoms with Gasteiger partial charge in [-0.25, -0.2) is 8.42 Å². The third-order valence-electron chi connectivity index (χ3n) is 3.06. The summed E-state index contributed by atoms with van der Waals surface area (Å²) < 4.78 is 31.1. The van der Waals surface area contributed by atoms with Gasteiger partial charge >= 0.3 is 5.97 Å². The molecule has 1 aromatic heterocycles. The van der Waals surface area contributed by atoms with Gasteiger partial charge in [0.1, 0.15) is 15.2 Å². The molecule has 1 fully saturated rings. The first-order chi connectivity index (χ1) is 9.37. The molecular formula is C11H14N2O4S3. The summed E-state index contributed by atoms with van der Waals surface area (Å²) in [6, 6.07) is 2.28. The standard InChI is InChI=1S/C11H14N2O4S3/c1-17-11(14)7-3-2-6-13(7)20(15,16)9-5-4-8(19-9)10(12)18/h4-5,7H,2-3,6H2,1H3,(H2,12,18). The summed E-state index contributed by atoms with van der Waals surface area (Å²) in [5, 5.41) is 0. The van der Waals surface area contributed by atoms with E-state index in [0.717, 1.165) is 11.3 Å². The molecular weight excluding hydrogens is 320 g/mol. The molecule has 1 saturated heterocycles. The summed E-state index contributed by atoms with van der Waals surface area (Å²) >= 11 is 5.83. The first kappa shape index (κ1) is 15.4. The van der Waals surface area contributed by atoms with Gasteiger partial charge in [-0.2, -0.15) is 4.31 Å². The number of hydrogen-bond acceptors (Lipinski definition) is 6. The van der Waals surface area contributed by atoms with Crippen molar-refractivity contribution in [2.24, 2.45) is 5.73 Å². The van der Waals surface area contributed by atoms with Gasteiger partial charge in [-0.15, -0.1) is 11.3 Å². The molecule has 1 aliphatic rings. The number of rotatable bonds is 4. The Balaban J connectivity index is 2.33. The van der Waals surface area contributed by atoms with Crippen molar-refractivity contribution < 1.29 is 17.9 Å². The Bertz CT molecular complexity index is 638. The molecule has 0 aromatic carbocycles. The van der Waals surface area contributed by atoms with Crippen molar-refractivity contribution in [2.45, 2.75) is 23.1 Å². The lowest BCUT2D eigenvalue weighted by Gasteiger charge is -2.21. The molecule has 0 amide bonds. The SMILES string of the molecule is COC(=O)C1CCCN1S(=O)(=O)c1ccc(C(N)=S)s1. The van der Waals surface area contributed by atoms with Crippen LogP contribution in [0.25, 0.3) is 0 Å². The van der Waals surface area contributed by atoms with Crippen LogP contribution in [0.15, 0.2) is 16.3 Å². The van der Waals surface area contributed by atoms with Crippen molar-refractivity contribution in [3.05, 3.63) is 17.0 Å². The molecule has 110 valence electrons. The minimum absolute atomic E-state index is 0.135. The van der Waals surface area contributed by atoms with Crippen LogP contribution in [-0.4, -0.2) is 43.4 Å². The Kier molecular flexibility index (Phi) is 4.43. The number of nitrogens with two attached hydrogens (primary N) is 1. The zero-order chi connectivity index (χ0) is 14.9. The molecule has 0 radical (unpaired) electrons. The third-order valence-corrected chi connectivity index (χ3v) is 6.91. The Labute approximate surface area is 126 Å². The molecule has 6 nitrogen and oxygen atoms in total. The van der Waals surface area contributed by atoms with E-state index >= 15 is 0 Å². The lowest BCUT2D eigenvalue weighted by molar-refractivity contribution is -0.144. The average molecular weight is 334 g/mol. The molecule has 1 aliphatic heterocycles. The van der Waals surface area contributed by atoms with Crippen LogP contribution in [0.1, 0.15) is 17.7 Å². The van der Waals surface area contributed by atoms with E-state index < -0.39 is 22.0 Å². The van der Waals surface area contributed by atoms with E-state index in [4.69, 9.17) is 18.0 Å². The smallest absolute Gasteiger partial charge is 0.324 e. The van der Waals surface area contributed by atoms with E-state index in [1.54, 1.807) is 6.07 Å². The van der Waals surface area contributed by atoms with Crippen molar-refractivity contribution in [3.63, 3.8) is 0 Å². The van der Waals surface area contributed by atoms with E-state index in [2.05, 4.69) is 4.74 Å². The zero-order valence-electron chi connectivity index (χ0n) is 10.7. The highest BCUT2D eigenvalue weighted by Gasteiger charge is 2.40. The molecule has 1 unspecified atom stereocenters. The molecule has 2 heterocycles. The monoisotopic (exact) mass is 334 g/mol. The lowest BCUT2D eigenvalue weighted by Crippen LogP contribution is -2.40. The number of carbonyl (C=O) groups excluding carboxylic acids is 1. The van der Waals surface area contributed by atoms with Gasteiger partial charge in [0, 0.05) is 6.54 Å². The first-order valence-electron chi connectivity index (χ1n) is 5.87. The highest BCUT2D eigenvalue weighted by Crippen LogP contribution is 2.30. The molecule has 2 rings (SSSR count). The van der Waals surface area contributed by atoms with Gasteiger partial charge in [-0.3, -0.25) is 4.79 Å². The molecule has 0 saturated carbocycles. The van der Waals surface area contributed by atoms with Crippen molar-refractivity contribution in [3.8, 4) is 0 Å². The van der Waals surface area contributed by atoms with Gasteiger partial charge in [-0.1, -0.05) is 12.2 Å². The zero-order valence-corrected chi connectivity index (χ0v) is 13.2. The summed E-state index contributed by atoms with van der Waals surface area (Å²) in [7, 11) is -2.47. The fourth-order valence-electron chi connectivity index (χ4n) is 2.11. The van der Waals surface area contributed by atoms with E-state index in [1.807, 2.05) is 0 Å². The molecule has 1 aromatic rings. The Morgan fingerprint density at radius 1 is 1.55 bits per heavy atom. The van der Waals surface area contributed by atoms with Gasteiger partial charge in [0.2, 0.25) is 0 Å². The number of carbonyl (C=O) groups is 1. The lowest BCUT2D eigenvalue weighted by atomic mass is 10.2. The normalized spacial score (nSPS) is 19.9. The number of ether oxygens (including phenoxy) is 1. The molecule has 0 aliphatic carbocycles. The quantitative estimate of drug-likeness (QED) is 0.644. The Morgan fingerprint density at radius 2 is 2.25 bits per heavy atom. The number of thiophene rings is 1. The first-order valence-corrected chi connectivity index (χ1v) is 8.53. The van der Waals surface area contributed by atoms with E-state index in [0.29, 0.717) is 24.3 Å². The minimum Gasteiger partial charge on any atom is -0.468 e. The van der Waals surface area contributed by atoms with Crippen LogP contribution in [0.2, 0.25) is 0 Å². The molecule has 0 bridgehead atoms. The topological polar surface area (TPSA) is 89.7 Å². The summed E-state index contributed by atoms with van der Waals surface area (Å²) in [5.74, 6) is -0.530. The van der Waals surface area contributed by atoms with Crippen LogP contribution in [0.5, 0.6) is 0 Å². The number of nitrogens with zero attached hydrogens (tertiary/aromatic N) is 1. The highest BCUT2D eigenvalue weighted by molar-refractivity contribution is 7.91. The van der Waals surface area contributed by atoms with Crippen LogP contribution in [0, 0.1) is 0 Å². The van der Waals surface area contributed by atoms with Crippen LogP contribution in [0.4, 0.5) is 0 Å². The maximum atomic E-state index is 12.5. The van der Waals surface area contributed by atoms with Crippen molar-refractivity contribution in [1.82, 2.24) is 4.31 Å². The molecule has 0 spiro atoms. The predicted octanol–water partition coefficient (Wildman–Crippen LogP) is 0.708. The van der Waals surface area contributed by atoms with Gasteiger partial charge in [0.05, 0.1) is 12.0 Å². The maximum Gasteiger partial charge on any atom is 0.324 e. The average Bonchev–Trinajstić information content (AvgIpc) is 3.06. The largest absolute Gasteiger partial charge is 0.468 e. The van der Waals surface area contributed by atoms with E-state index in [-0.39, 0.29) is 9.20 Å². The maximum absolute atomic E-state index is 12.5. The number of sulfonamides is 1. The van der Waals surface area contributed by atoms with Gasteiger partial charge in [-0.05, 0) is 25.0 Å². The fraction of sp³-hybridized carbons (Fsp3) is 0.455. The second-order valence-electron chi connectivity index (χ2n) is 4.28. The Hall–Kier alpha value is -1.03. The van der Waals surface area contributed by atoms with Crippen LogP contribution >= 0.6 is 23.6 Å². The van der Waals surface area contributed by atoms with Crippen LogP contribution in [0.3, 0.4) is 0 Å². The van der Waals surface area contributed by atoms with Crippen molar-refractivity contribution in [2.75, 3.05) is 13.7 Å². The number of esters is 1. The Morgan fingerprint density at radius 3 is 2.80 bits per heavy atom. The van der Waals surface area contributed by atoms with Crippen molar-refractivity contribution in [1.29, 1.82) is 0 Å². The predicted molar refractivity (Wildman–Crippen MR) is 79.1 cm³/mol. The molecule has 20 heavy (non-hydrogen) atoms. The van der Waals surface area contributed by atoms with E-state index in [9.17, 15) is 13.2 Å². The number of hydrogen-bond donors (Lipinski definition) is 1.